The topological polar surface area (TPSA) is 54.4 Å². The van der Waals surface area contributed by atoms with Gasteiger partial charge in [-0.05, 0) is 25.5 Å². The molecule has 1 aromatic heterocycles. The molecule has 0 radical (unpaired) electrons. The smallest absolute Gasteiger partial charge is 0.169 e. The van der Waals surface area contributed by atoms with Gasteiger partial charge in [0.1, 0.15) is 0 Å². The van der Waals surface area contributed by atoms with Gasteiger partial charge < -0.3 is 15.2 Å². The maximum Gasteiger partial charge on any atom is 0.169 e. The van der Waals surface area contributed by atoms with E-state index >= 15 is 0 Å². The number of nitrogens with one attached hydrogen (secondary N) is 1. The predicted octanol–water partition coefficient (Wildman–Crippen LogP) is 1.66. The average Bonchev–Trinajstić information content (AvgIpc) is 2.29. The molecular formula is C11H18N2O2. The lowest BCUT2D eigenvalue weighted by Crippen LogP contribution is -2.38. The summed E-state index contributed by atoms with van der Waals surface area (Å²) in [6.45, 7) is 4.02. The van der Waals surface area contributed by atoms with Crippen molar-refractivity contribution in [3.8, 4) is 5.75 Å². The van der Waals surface area contributed by atoms with Crippen molar-refractivity contribution in [1.29, 1.82) is 0 Å². The fraction of sp³-hybridized carbons (Fsp3) is 0.545. The van der Waals surface area contributed by atoms with Gasteiger partial charge in [-0.3, -0.25) is 0 Å². The third kappa shape index (κ3) is 2.83. The zero-order valence-corrected chi connectivity index (χ0v) is 9.45. The molecule has 84 valence electrons. The Hall–Kier alpha value is -1.29. The summed E-state index contributed by atoms with van der Waals surface area (Å²) in [5.74, 6) is 1.35. The minimum absolute atomic E-state index is 0.0588. The van der Waals surface area contributed by atoms with Crippen molar-refractivity contribution < 1.29 is 9.84 Å². The molecule has 15 heavy (non-hydrogen) atoms. The lowest BCUT2D eigenvalue weighted by Gasteiger charge is -2.28. The van der Waals surface area contributed by atoms with Crippen LogP contribution in [-0.2, 0) is 0 Å². The lowest BCUT2D eigenvalue weighted by atomic mass is 10.0. The second-order valence-corrected chi connectivity index (χ2v) is 3.75. The van der Waals surface area contributed by atoms with Gasteiger partial charge in [0.25, 0.3) is 0 Å². The SMILES string of the molecule is CCC(C)(CO)Nc1ncccc1OC. The highest BCUT2D eigenvalue weighted by atomic mass is 16.5. The van der Waals surface area contributed by atoms with Gasteiger partial charge in [0.15, 0.2) is 11.6 Å². The average molecular weight is 210 g/mol. The van der Waals surface area contributed by atoms with Crippen LogP contribution >= 0.6 is 0 Å². The van der Waals surface area contributed by atoms with Crippen molar-refractivity contribution in [3.63, 3.8) is 0 Å². The molecule has 0 aliphatic rings. The molecule has 1 rings (SSSR count). The number of ether oxygens (including phenoxy) is 1. The van der Waals surface area contributed by atoms with Crippen molar-refractivity contribution >= 4 is 5.82 Å². The predicted molar refractivity (Wildman–Crippen MR) is 60.2 cm³/mol. The number of aliphatic hydroxyl groups is 1. The van der Waals surface area contributed by atoms with Gasteiger partial charge in [-0.15, -0.1) is 0 Å². The molecule has 0 spiro atoms. The van der Waals surface area contributed by atoms with Crippen LogP contribution in [0.4, 0.5) is 5.82 Å². The van der Waals surface area contributed by atoms with Crippen molar-refractivity contribution in [2.45, 2.75) is 25.8 Å². The molecule has 4 heteroatoms. The summed E-state index contributed by atoms with van der Waals surface area (Å²) in [5, 5.41) is 12.5. The van der Waals surface area contributed by atoms with Gasteiger partial charge in [0, 0.05) is 6.20 Å². The Balaban J connectivity index is 2.87. The van der Waals surface area contributed by atoms with Crippen LogP contribution in [0.25, 0.3) is 0 Å². The van der Waals surface area contributed by atoms with E-state index in [4.69, 9.17) is 4.74 Å². The first-order chi connectivity index (χ1) is 7.15. The first-order valence-electron chi connectivity index (χ1n) is 5.03. The Morgan fingerprint density at radius 2 is 2.33 bits per heavy atom. The Labute approximate surface area is 90.3 Å². The third-order valence-electron chi connectivity index (χ3n) is 2.54. The Morgan fingerprint density at radius 3 is 2.87 bits per heavy atom. The molecule has 4 nitrogen and oxygen atoms in total. The molecule has 0 aromatic carbocycles. The second-order valence-electron chi connectivity index (χ2n) is 3.75. The van der Waals surface area contributed by atoms with Gasteiger partial charge in [-0.25, -0.2) is 4.98 Å². The zero-order valence-electron chi connectivity index (χ0n) is 9.45. The summed E-state index contributed by atoms with van der Waals surface area (Å²) >= 11 is 0. The summed E-state index contributed by atoms with van der Waals surface area (Å²) in [6, 6.07) is 3.65. The van der Waals surface area contributed by atoms with Gasteiger partial charge in [0.2, 0.25) is 0 Å². The van der Waals surface area contributed by atoms with Crippen LogP contribution in [0, 0.1) is 0 Å². The summed E-state index contributed by atoms with van der Waals surface area (Å²) in [7, 11) is 1.60. The highest BCUT2D eigenvalue weighted by molar-refractivity contribution is 5.51. The van der Waals surface area contributed by atoms with Crippen LogP contribution in [0.3, 0.4) is 0 Å². The molecule has 0 amide bonds. The molecule has 1 aromatic rings. The fourth-order valence-electron chi connectivity index (χ4n) is 1.17. The number of rotatable bonds is 5. The highest BCUT2D eigenvalue weighted by Crippen LogP contribution is 2.24. The first kappa shape index (κ1) is 11.8. The van der Waals surface area contributed by atoms with Crippen LogP contribution < -0.4 is 10.1 Å². The number of hydrogen-bond acceptors (Lipinski definition) is 4. The number of methoxy groups -OCH3 is 1. The van der Waals surface area contributed by atoms with Crippen LogP contribution in [0.2, 0.25) is 0 Å². The summed E-state index contributed by atoms with van der Waals surface area (Å²) in [5.41, 5.74) is -0.359. The quantitative estimate of drug-likeness (QED) is 0.776. The van der Waals surface area contributed by atoms with E-state index in [9.17, 15) is 5.11 Å². The maximum absolute atomic E-state index is 9.28. The number of nitrogens with zero attached hydrogens (tertiary/aromatic N) is 1. The first-order valence-corrected chi connectivity index (χ1v) is 5.03. The molecule has 0 aliphatic carbocycles. The van der Waals surface area contributed by atoms with E-state index in [1.807, 2.05) is 26.0 Å². The Morgan fingerprint density at radius 1 is 1.60 bits per heavy atom. The van der Waals surface area contributed by atoms with E-state index < -0.39 is 0 Å². The largest absolute Gasteiger partial charge is 0.493 e. The third-order valence-corrected chi connectivity index (χ3v) is 2.54. The van der Waals surface area contributed by atoms with E-state index in [2.05, 4.69) is 10.3 Å². The van der Waals surface area contributed by atoms with E-state index in [1.54, 1.807) is 13.3 Å². The fourth-order valence-corrected chi connectivity index (χ4v) is 1.17. The zero-order chi connectivity index (χ0) is 11.3. The number of anilines is 1. The van der Waals surface area contributed by atoms with Crippen LogP contribution in [0.5, 0.6) is 5.75 Å². The number of aromatic nitrogens is 1. The van der Waals surface area contributed by atoms with Gasteiger partial charge in [0.05, 0.1) is 19.3 Å². The monoisotopic (exact) mass is 210 g/mol. The lowest BCUT2D eigenvalue weighted by molar-refractivity contribution is 0.218. The number of pyridine rings is 1. The van der Waals surface area contributed by atoms with Crippen molar-refractivity contribution in [2.24, 2.45) is 0 Å². The number of aliphatic hydroxyl groups excluding tert-OH is 1. The maximum atomic E-state index is 9.28. The molecular weight excluding hydrogens is 192 g/mol. The molecule has 0 fully saturated rings. The van der Waals surface area contributed by atoms with Crippen molar-refractivity contribution in [3.05, 3.63) is 18.3 Å². The van der Waals surface area contributed by atoms with E-state index in [1.165, 1.54) is 0 Å². The van der Waals surface area contributed by atoms with Gasteiger partial charge in [-0.2, -0.15) is 0 Å². The summed E-state index contributed by atoms with van der Waals surface area (Å²) in [4.78, 5) is 4.18. The summed E-state index contributed by atoms with van der Waals surface area (Å²) < 4.78 is 5.17. The minimum atomic E-state index is -0.359. The molecule has 0 aliphatic heterocycles. The van der Waals surface area contributed by atoms with Crippen LogP contribution in [0.15, 0.2) is 18.3 Å². The van der Waals surface area contributed by atoms with Crippen LogP contribution in [0.1, 0.15) is 20.3 Å². The van der Waals surface area contributed by atoms with E-state index in [0.717, 1.165) is 6.42 Å². The summed E-state index contributed by atoms with van der Waals surface area (Å²) in [6.07, 6.45) is 2.50. The van der Waals surface area contributed by atoms with Gasteiger partial charge in [-0.1, -0.05) is 6.92 Å². The number of hydrogen-bond donors (Lipinski definition) is 2. The Kier molecular flexibility index (Phi) is 3.91. The molecule has 0 bridgehead atoms. The van der Waals surface area contributed by atoms with Gasteiger partial charge >= 0.3 is 0 Å². The molecule has 2 N–H and O–H groups in total. The standard InChI is InChI=1S/C11H18N2O2/c1-4-11(2,8-14)13-10-9(15-3)6-5-7-12-10/h5-7,14H,4,8H2,1-3H3,(H,12,13). The second kappa shape index (κ2) is 4.98. The molecule has 0 saturated heterocycles. The minimum Gasteiger partial charge on any atom is -0.493 e. The molecule has 1 atom stereocenters. The molecule has 1 heterocycles. The Bertz CT molecular complexity index is 311. The highest BCUT2D eigenvalue weighted by Gasteiger charge is 2.22. The van der Waals surface area contributed by atoms with Crippen molar-refractivity contribution in [1.82, 2.24) is 4.98 Å². The molecule has 0 saturated carbocycles. The molecule has 1 unspecified atom stereocenters. The van der Waals surface area contributed by atoms with E-state index in [0.29, 0.717) is 11.6 Å². The normalized spacial score (nSPS) is 14.4. The van der Waals surface area contributed by atoms with Crippen molar-refractivity contribution in [2.75, 3.05) is 19.0 Å². The van der Waals surface area contributed by atoms with E-state index in [-0.39, 0.29) is 12.1 Å². The van der Waals surface area contributed by atoms with Crippen LogP contribution in [-0.4, -0.2) is 29.3 Å².